The quantitative estimate of drug-likeness (QED) is 0.184. The number of alkyl halides is 3. The molecule has 204 valence electrons. The van der Waals surface area contributed by atoms with Crippen molar-refractivity contribution in [2.24, 2.45) is 0 Å². The molecule has 4 aromatic rings. The zero-order valence-electron chi connectivity index (χ0n) is 21.1. The molecule has 0 saturated carbocycles. The Morgan fingerprint density at radius 1 is 1.00 bits per heavy atom. The van der Waals surface area contributed by atoms with Crippen LogP contribution in [0.2, 0.25) is 5.02 Å². The molecular weight excluding hydrogens is 535 g/mol. The van der Waals surface area contributed by atoms with Crippen LogP contribution >= 0.6 is 11.6 Å². The molecule has 0 aliphatic heterocycles. The van der Waals surface area contributed by atoms with Gasteiger partial charge >= 0.3 is 6.18 Å². The fourth-order valence-corrected chi connectivity index (χ4v) is 3.98. The predicted molar refractivity (Wildman–Crippen MR) is 144 cm³/mol. The number of rotatable bonds is 7. The number of hydrogen-bond acceptors (Lipinski definition) is 5. The first-order valence-corrected chi connectivity index (χ1v) is 12.1. The van der Waals surface area contributed by atoms with Crippen molar-refractivity contribution in [3.8, 4) is 0 Å². The number of hydrogen-bond donors (Lipinski definition) is 5. The summed E-state index contributed by atoms with van der Waals surface area (Å²) in [4.78, 5) is 33.7. The summed E-state index contributed by atoms with van der Waals surface area (Å²) in [7, 11) is 0. The summed E-state index contributed by atoms with van der Waals surface area (Å²) >= 11 is 6.17. The monoisotopic (exact) mass is 559 g/mol. The van der Waals surface area contributed by atoms with Gasteiger partial charge in [0.1, 0.15) is 5.52 Å². The molecule has 0 radical (unpaired) electrons. The van der Waals surface area contributed by atoms with E-state index < -0.39 is 34.7 Å². The Balaban J connectivity index is 1.74. The Bertz CT molecular complexity index is 1560. The van der Waals surface area contributed by atoms with Crippen molar-refractivity contribution >= 4 is 51.8 Å². The number of H-pyrrole nitrogens is 1. The molecule has 0 saturated heterocycles. The van der Waals surface area contributed by atoms with Gasteiger partial charge in [0.05, 0.1) is 27.8 Å². The molecule has 8 nitrogen and oxygen atoms in total. The topological polar surface area (TPSA) is 119 Å². The first kappa shape index (κ1) is 27.9. The van der Waals surface area contributed by atoms with Gasteiger partial charge in [0.2, 0.25) is 5.95 Å². The highest BCUT2D eigenvalue weighted by Gasteiger charge is 2.35. The van der Waals surface area contributed by atoms with Gasteiger partial charge in [-0.05, 0) is 62.7 Å². The Morgan fingerprint density at radius 2 is 1.69 bits per heavy atom. The molecule has 0 unspecified atom stereocenters. The van der Waals surface area contributed by atoms with Gasteiger partial charge in [-0.2, -0.15) is 13.2 Å². The van der Waals surface area contributed by atoms with Gasteiger partial charge in [-0.1, -0.05) is 29.8 Å². The van der Waals surface area contributed by atoms with Gasteiger partial charge < -0.3 is 26.0 Å². The number of anilines is 3. The summed E-state index contributed by atoms with van der Waals surface area (Å²) in [6, 6.07) is 12.2. The van der Waals surface area contributed by atoms with Crippen LogP contribution in [0.5, 0.6) is 0 Å². The van der Waals surface area contributed by atoms with Gasteiger partial charge in [-0.3, -0.25) is 9.59 Å². The van der Waals surface area contributed by atoms with Crippen LogP contribution in [0.15, 0.2) is 54.6 Å². The van der Waals surface area contributed by atoms with Crippen LogP contribution in [0.4, 0.5) is 30.5 Å². The average molecular weight is 560 g/mol. The average Bonchev–Trinajstić information content (AvgIpc) is 3.27. The van der Waals surface area contributed by atoms with E-state index >= 15 is 0 Å². The molecule has 5 N–H and O–H groups in total. The summed E-state index contributed by atoms with van der Waals surface area (Å²) in [5, 5.41) is 18.6. The molecule has 0 fully saturated rings. The lowest BCUT2D eigenvalue weighted by Crippen LogP contribution is -2.29. The van der Waals surface area contributed by atoms with E-state index in [1.54, 1.807) is 39.0 Å². The molecule has 1 heterocycles. The molecule has 0 bridgehead atoms. The molecule has 1 aromatic heterocycles. The normalized spacial score (nSPS) is 11.9. The van der Waals surface area contributed by atoms with Crippen molar-refractivity contribution in [2.45, 2.75) is 32.5 Å². The molecule has 4 rings (SSSR count). The molecule has 12 heteroatoms. The standard InChI is InChI=1S/C27H25ClF3N5O3/c1-14-19(28)9-6-10-20(14)34-24(38)17-11-15(12-21-22(17)36-25(35-21)32-13-26(2,3)39)33-23(37)16-7-4-5-8-18(16)27(29,30)31/h4-12,39H,13H2,1-3H3,(H,33,37)(H,34,38)(H2,32,35,36). The first-order chi connectivity index (χ1) is 18.2. The van der Waals surface area contributed by atoms with E-state index in [1.807, 2.05) is 0 Å². The van der Waals surface area contributed by atoms with Crippen LogP contribution in [0.25, 0.3) is 11.0 Å². The zero-order valence-corrected chi connectivity index (χ0v) is 21.9. The molecule has 0 aliphatic carbocycles. The van der Waals surface area contributed by atoms with Gasteiger partial charge in [0, 0.05) is 22.9 Å². The summed E-state index contributed by atoms with van der Waals surface area (Å²) in [5.74, 6) is -1.34. The number of benzene rings is 3. The number of aliphatic hydroxyl groups is 1. The van der Waals surface area contributed by atoms with E-state index in [0.717, 1.165) is 12.1 Å². The van der Waals surface area contributed by atoms with E-state index in [-0.39, 0.29) is 29.3 Å². The van der Waals surface area contributed by atoms with Gasteiger partial charge in [-0.15, -0.1) is 0 Å². The predicted octanol–water partition coefficient (Wildman–Crippen LogP) is 6.23. The maximum Gasteiger partial charge on any atom is 0.417 e. The molecule has 0 aliphatic rings. The highest BCUT2D eigenvalue weighted by atomic mass is 35.5. The minimum absolute atomic E-state index is 0.0406. The number of aromatic amines is 1. The van der Waals surface area contributed by atoms with Crippen molar-refractivity contribution in [1.29, 1.82) is 0 Å². The Morgan fingerprint density at radius 3 is 2.38 bits per heavy atom. The number of aromatic nitrogens is 2. The lowest BCUT2D eigenvalue weighted by atomic mass is 10.1. The van der Waals surface area contributed by atoms with Crippen LogP contribution in [0.3, 0.4) is 0 Å². The maximum atomic E-state index is 13.5. The fourth-order valence-electron chi connectivity index (χ4n) is 3.81. The van der Waals surface area contributed by atoms with Crippen molar-refractivity contribution in [1.82, 2.24) is 9.97 Å². The van der Waals surface area contributed by atoms with Gasteiger partial charge in [0.15, 0.2) is 0 Å². The third kappa shape index (κ3) is 6.50. The smallest absolute Gasteiger partial charge is 0.389 e. The summed E-state index contributed by atoms with van der Waals surface area (Å²) < 4.78 is 40.4. The third-order valence-corrected chi connectivity index (χ3v) is 6.18. The van der Waals surface area contributed by atoms with Crippen LogP contribution in [-0.4, -0.2) is 39.0 Å². The number of imidazole rings is 1. The highest BCUT2D eigenvalue weighted by molar-refractivity contribution is 6.31. The number of carbonyl (C=O) groups is 2. The van der Waals surface area contributed by atoms with E-state index in [9.17, 15) is 27.9 Å². The van der Waals surface area contributed by atoms with E-state index in [4.69, 9.17) is 11.6 Å². The van der Waals surface area contributed by atoms with Gasteiger partial charge in [-0.25, -0.2) is 4.98 Å². The maximum absolute atomic E-state index is 13.5. The van der Waals surface area contributed by atoms with Crippen LogP contribution in [-0.2, 0) is 6.18 Å². The lowest BCUT2D eigenvalue weighted by Gasteiger charge is -2.16. The third-order valence-electron chi connectivity index (χ3n) is 5.77. The number of halogens is 4. The molecule has 2 amide bonds. The molecular formula is C27H25ClF3N5O3. The van der Waals surface area contributed by atoms with Crippen molar-refractivity contribution in [2.75, 3.05) is 22.5 Å². The summed E-state index contributed by atoms with van der Waals surface area (Å²) in [6.45, 7) is 5.06. The van der Waals surface area contributed by atoms with Crippen LogP contribution in [0.1, 0.15) is 45.7 Å². The zero-order chi connectivity index (χ0) is 28.5. The van der Waals surface area contributed by atoms with Crippen molar-refractivity contribution < 1.29 is 27.9 Å². The molecule has 0 spiro atoms. The van der Waals surface area contributed by atoms with Crippen LogP contribution in [0, 0.1) is 6.92 Å². The fraction of sp³-hybridized carbons (Fsp3) is 0.222. The number of nitrogens with one attached hydrogen (secondary N) is 4. The van der Waals surface area contributed by atoms with E-state index in [1.165, 1.54) is 24.3 Å². The SMILES string of the molecule is Cc1c(Cl)cccc1NC(=O)c1cc(NC(=O)c2ccccc2C(F)(F)F)cc2[nH]c(NCC(C)(C)O)nc12. The first-order valence-electron chi connectivity index (χ1n) is 11.8. The van der Waals surface area contributed by atoms with E-state index in [0.29, 0.717) is 21.8 Å². The number of amides is 2. The molecule has 0 atom stereocenters. The Hall–Kier alpha value is -4.09. The lowest BCUT2D eigenvalue weighted by molar-refractivity contribution is -0.137. The number of nitrogens with zero attached hydrogens (tertiary/aromatic N) is 1. The van der Waals surface area contributed by atoms with Crippen molar-refractivity contribution in [3.05, 3.63) is 81.9 Å². The summed E-state index contributed by atoms with van der Waals surface area (Å²) in [6.07, 6.45) is -4.73. The Labute approximate surface area is 226 Å². The molecule has 39 heavy (non-hydrogen) atoms. The van der Waals surface area contributed by atoms with Gasteiger partial charge in [0.25, 0.3) is 11.8 Å². The Kier molecular flexibility index (Phi) is 7.58. The van der Waals surface area contributed by atoms with E-state index in [2.05, 4.69) is 25.9 Å². The second-order valence-corrected chi connectivity index (χ2v) is 9.94. The van der Waals surface area contributed by atoms with Crippen LogP contribution < -0.4 is 16.0 Å². The second-order valence-electron chi connectivity index (χ2n) is 9.54. The highest BCUT2D eigenvalue weighted by Crippen LogP contribution is 2.33. The number of carbonyl (C=O) groups excluding carboxylic acids is 2. The minimum atomic E-state index is -4.73. The summed E-state index contributed by atoms with van der Waals surface area (Å²) in [5.41, 5.74) is -0.970. The molecule has 3 aromatic carbocycles. The largest absolute Gasteiger partial charge is 0.417 e. The minimum Gasteiger partial charge on any atom is -0.389 e. The number of fused-ring (bicyclic) bond motifs is 1. The van der Waals surface area contributed by atoms with Crippen molar-refractivity contribution in [3.63, 3.8) is 0 Å². The second kappa shape index (κ2) is 10.6.